The van der Waals surface area contributed by atoms with E-state index in [1.54, 1.807) is 26.0 Å². The van der Waals surface area contributed by atoms with E-state index in [4.69, 9.17) is 14.2 Å². The van der Waals surface area contributed by atoms with Crippen molar-refractivity contribution in [3.8, 4) is 17.2 Å². The van der Waals surface area contributed by atoms with E-state index in [0.29, 0.717) is 60.7 Å². The molecule has 0 atom stereocenters. The number of nitrogens with one attached hydrogen (secondary N) is 1. The molecule has 0 radical (unpaired) electrons. The molecule has 1 aliphatic rings. The Balaban J connectivity index is 1.83. The number of hydrogen-bond acceptors (Lipinski definition) is 8. The monoisotopic (exact) mass is 497 g/mol. The summed E-state index contributed by atoms with van der Waals surface area (Å²) in [6.45, 7) is 10.8. The molecule has 1 amide bonds. The maximum absolute atomic E-state index is 13.0. The summed E-state index contributed by atoms with van der Waals surface area (Å²) in [5, 5.41) is 2.78. The Morgan fingerprint density at radius 2 is 1.73 bits per heavy atom. The summed E-state index contributed by atoms with van der Waals surface area (Å²) in [7, 11) is -3.34. The molecule has 33 heavy (non-hydrogen) atoms. The molecular weight excluding hydrogens is 466 g/mol. The molecule has 1 N–H and O–H groups in total. The van der Waals surface area contributed by atoms with Crippen molar-refractivity contribution in [1.29, 1.82) is 0 Å². The predicted molar refractivity (Wildman–Crippen MR) is 128 cm³/mol. The number of sulfonamides is 1. The van der Waals surface area contributed by atoms with Crippen LogP contribution in [0.15, 0.2) is 12.1 Å². The third-order valence-electron chi connectivity index (χ3n) is 5.04. The highest BCUT2D eigenvalue weighted by Crippen LogP contribution is 2.39. The fourth-order valence-electron chi connectivity index (χ4n) is 3.43. The van der Waals surface area contributed by atoms with Crippen LogP contribution in [0, 0.1) is 0 Å². The first-order valence-corrected chi connectivity index (χ1v) is 13.4. The Labute approximate surface area is 199 Å². The van der Waals surface area contributed by atoms with Gasteiger partial charge in [-0.1, -0.05) is 0 Å². The van der Waals surface area contributed by atoms with Gasteiger partial charge in [0.15, 0.2) is 16.6 Å². The molecule has 1 aliphatic heterocycles. The van der Waals surface area contributed by atoms with E-state index in [1.807, 2.05) is 20.8 Å². The normalized spacial score (nSPS) is 14.1. The van der Waals surface area contributed by atoms with Gasteiger partial charge in [0.25, 0.3) is 5.91 Å². The van der Waals surface area contributed by atoms with E-state index in [9.17, 15) is 13.2 Å². The second-order valence-corrected chi connectivity index (χ2v) is 11.2. The number of carbonyl (C=O) groups excluding carboxylic acids is 1. The number of aromatic nitrogens is 1. The van der Waals surface area contributed by atoms with Crippen LogP contribution in [-0.4, -0.2) is 55.2 Å². The average molecular weight is 498 g/mol. The Hall–Kier alpha value is -2.37. The number of benzene rings is 1. The summed E-state index contributed by atoms with van der Waals surface area (Å²) in [4.78, 5) is 18.4. The van der Waals surface area contributed by atoms with Crippen LogP contribution >= 0.6 is 11.3 Å². The quantitative estimate of drug-likeness (QED) is 0.533. The zero-order valence-corrected chi connectivity index (χ0v) is 21.3. The second-order valence-electron chi connectivity index (χ2n) is 7.62. The van der Waals surface area contributed by atoms with Gasteiger partial charge >= 0.3 is 0 Å². The number of hydrogen-bond donors (Lipinski definition) is 1. The summed E-state index contributed by atoms with van der Waals surface area (Å²) in [5.74, 6) is 0.971. The number of ether oxygens (including phenoxy) is 3. The van der Waals surface area contributed by atoms with Crippen molar-refractivity contribution >= 4 is 32.4 Å². The number of rotatable bonds is 10. The lowest BCUT2D eigenvalue weighted by molar-refractivity contribution is 0.102. The molecule has 11 heteroatoms. The van der Waals surface area contributed by atoms with Crippen LogP contribution < -0.4 is 19.5 Å². The molecule has 1 aromatic heterocycles. The van der Waals surface area contributed by atoms with Gasteiger partial charge in [-0.25, -0.2) is 13.4 Å². The SMILES string of the molecule is CCOc1cc(C(=O)Nc2nc3c(s2)CN(S(=O)(=O)C(C)C)CC3)cc(OCC)c1OCC. The molecule has 0 fully saturated rings. The first-order chi connectivity index (χ1) is 15.7. The standard InChI is InChI=1S/C22H31N3O6S2/c1-6-29-17-11-15(12-18(30-7-2)20(17)31-8-3)21(26)24-22-23-16-9-10-25(13-19(16)32-22)33(27,28)14(4)5/h11-12,14H,6-10,13H2,1-5H3,(H,23,24,26). The number of anilines is 1. The van der Waals surface area contributed by atoms with Crippen LogP contribution in [0.4, 0.5) is 5.13 Å². The van der Waals surface area contributed by atoms with Gasteiger partial charge in [0.2, 0.25) is 15.8 Å². The minimum atomic E-state index is -3.34. The van der Waals surface area contributed by atoms with Crippen molar-refractivity contribution < 1.29 is 27.4 Å². The van der Waals surface area contributed by atoms with Gasteiger partial charge in [0, 0.05) is 30.0 Å². The molecule has 3 rings (SSSR count). The number of fused-ring (bicyclic) bond motifs is 1. The van der Waals surface area contributed by atoms with Crippen molar-refractivity contribution in [1.82, 2.24) is 9.29 Å². The third-order valence-corrected chi connectivity index (χ3v) is 8.26. The first-order valence-electron chi connectivity index (χ1n) is 11.1. The summed E-state index contributed by atoms with van der Waals surface area (Å²) < 4.78 is 43.6. The van der Waals surface area contributed by atoms with Gasteiger partial charge in [-0.3, -0.25) is 10.1 Å². The lowest BCUT2D eigenvalue weighted by atomic mass is 10.1. The molecule has 0 aliphatic carbocycles. The second kappa shape index (κ2) is 10.7. The molecule has 182 valence electrons. The molecule has 0 saturated heterocycles. The molecule has 9 nitrogen and oxygen atoms in total. The number of thiazole rings is 1. The molecule has 0 spiro atoms. The Bertz CT molecular complexity index is 1070. The van der Waals surface area contributed by atoms with Crippen LogP contribution in [0.2, 0.25) is 0 Å². The van der Waals surface area contributed by atoms with Crippen molar-refractivity contribution in [2.75, 3.05) is 31.7 Å². The van der Waals surface area contributed by atoms with Gasteiger partial charge < -0.3 is 14.2 Å². The minimum absolute atomic E-state index is 0.273. The van der Waals surface area contributed by atoms with E-state index in [1.165, 1.54) is 15.6 Å². The highest BCUT2D eigenvalue weighted by Gasteiger charge is 2.31. The predicted octanol–water partition coefficient (Wildman–Crippen LogP) is 3.69. The fourth-order valence-corrected chi connectivity index (χ4v) is 5.78. The topological polar surface area (TPSA) is 107 Å². The fraction of sp³-hybridized carbons (Fsp3) is 0.545. The van der Waals surface area contributed by atoms with E-state index in [-0.39, 0.29) is 12.5 Å². The number of carbonyl (C=O) groups is 1. The van der Waals surface area contributed by atoms with Crippen LogP contribution in [0.3, 0.4) is 0 Å². The highest BCUT2D eigenvalue weighted by molar-refractivity contribution is 7.89. The smallest absolute Gasteiger partial charge is 0.257 e. The van der Waals surface area contributed by atoms with Crippen LogP contribution in [0.25, 0.3) is 0 Å². The van der Waals surface area contributed by atoms with Crippen LogP contribution in [0.5, 0.6) is 17.2 Å². The zero-order valence-electron chi connectivity index (χ0n) is 19.6. The lowest BCUT2D eigenvalue weighted by Crippen LogP contribution is -2.39. The lowest BCUT2D eigenvalue weighted by Gasteiger charge is -2.26. The summed E-state index contributed by atoms with van der Waals surface area (Å²) in [6, 6.07) is 3.24. The summed E-state index contributed by atoms with van der Waals surface area (Å²) >= 11 is 1.29. The average Bonchev–Trinajstić information content (AvgIpc) is 3.17. The van der Waals surface area contributed by atoms with E-state index in [2.05, 4.69) is 10.3 Å². The van der Waals surface area contributed by atoms with E-state index >= 15 is 0 Å². The van der Waals surface area contributed by atoms with Crippen molar-refractivity contribution in [2.45, 2.75) is 52.8 Å². The van der Waals surface area contributed by atoms with Gasteiger partial charge in [-0.05, 0) is 46.8 Å². The molecule has 0 bridgehead atoms. The van der Waals surface area contributed by atoms with Gasteiger partial charge in [0.1, 0.15) is 0 Å². The first kappa shape index (κ1) is 25.3. The maximum atomic E-state index is 13.0. The summed E-state index contributed by atoms with van der Waals surface area (Å²) in [5.41, 5.74) is 1.17. The van der Waals surface area contributed by atoms with Gasteiger partial charge in [0.05, 0.1) is 30.8 Å². The highest BCUT2D eigenvalue weighted by atomic mass is 32.2. The third kappa shape index (κ3) is 5.59. The van der Waals surface area contributed by atoms with E-state index in [0.717, 1.165) is 10.6 Å². The van der Waals surface area contributed by atoms with Crippen molar-refractivity contribution in [3.63, 3.8) is 0 Å². The molecule has 0 unspecified atom stereocenters. The molecule has 1 aromatic carbocycles. The van der Waals surface area contributed by atoms with Crippen LogP contribution in [-0.2, 0) is 23.0 Å². The van der Waals surface area contributed by atoms with Gasteiger partial charge in [-0.15, -0.1) is 11.3 Å². The van der Waals surface area contributed by atoms with Crippen molar-refractivity contribution in [2.24, 2.45) is 0 Å². The summed E-state index contributed by atoms with van der Waals surface area (Å²) in [6.07, 6.45) is 0.514. The van der Waals surface area contributed by atoms with Gasteiger partial charge in [-0.2, -0.15) is 4.31 Å². The molecule has 2 heterocycles. The molecule has 0 saturated carbocycles. The minimum Gasteiger partial charge on any atom is -0.490 e. The van der Waals surface area contributed by atoms with E-state index < -0.39 is 15.3 Å². The van der Waals surface area contributed by atoms with Crippen molar-refractivity contribution in [3.05, 3.63) is 28.3 Å². The maximum Gasteiger partial charge on any atom is 0.257 e. The van der Waals surface area contributed by atoms with Crippen LogP contribution in [0.1, 0.15) is 55.5 Å². The zero-order chi connectivity index (χ0) is 24.2. The largest absolute Gasteiger partial charge is 0.490 e. The Morgan fingerprint density at radius 1 is 1.12 bits per heavy atom. The molecule has 2 aromatic rings. The Kier molecular flexibility index (Phi) is 8.19. The number of nitrogens with zero attached hydrogens (tertiary/aromatic N) is 2. The molecular formula is C22H31N3O6S2. The Morgan fingerprint density at radius 3 is 2.27 bits per heavy atom. The number of amides is 1.